The van der Waals surface area contributed by atoms with E-state index in [1.807, 2.05) is 6.92 Å². The van der Waals surface area contributed by atoms with Gasteiger partial charge in [0.05, 0.1) is 12.0 Å². The number of carbonyl (C=O) groups is 2. The third-order valence-electron chi connectivity index (χ3n) is 7.18. The molecule has 0 aliphatic carbocycles. The normalized spacial score (nSPS) is 18.2. The summed E-state index contributed by atoms with van der Waals surface area (Å²) in [7, 11) is -2.60. The van der Waals surface area contributed by atoms with Gasteiger partial charge in [0.2, 0.25) is 15.9 Å². The predicted molar refractivity (Wildman–Crippen MR) is 159 cm³/mol. The molecule has 0 spiro atoms. The van der Waals surface area contributed by atoms with Gasteiger partial charge in [-0.3, -0.25) is 4.79 Å². The lowest BCUT2D eigenvalue weighted by Gasteiger charge is -2.40. The number of halogens is 2. The minimum absolute atomic E-state index is 0.140. The summed E-state index contributed by atoms with van der Waals surface area (Å²) in [6.07, 6.45) is -0.182. The molecule has 3 atom stereocenters. The number of nitrogens with zero attached hydrogens (tertiary/aromatic N) is 1. The first kappa shape index (κ1) is 31.4. The molecule has 3 aromatic rings. The Hall–Kier alpha value is -3.51. The molecule has 0 unspecified atom stereocenters. The highest BCUT2D eigenvalue weighted by molar-refractivity contribution is 7.89. The van der Waals surface area contributed by atoms with E-state index in [4.69, 9.17) is 16.3 Å². The molecule has 42 heavy (non-hydrogen) atoms. The van der Waals surface area contributed by atoms with E-state index in [-0.39, 0.29) is 35.0 Å². The van der Waals surface area contributed by atoms with E-state index in [9.17, 15) is 18.0 Å². The zero-order valence-corrected chi connectivity index (χ0v) is 24.9. The van der Waals surface area contributed by atoms with Crippen molar-refractivity contribution in [3.63, 3.8) is 0 Å². The molecule has 1 aliphatic rings. The van der Waals surface area contributed by atoms with E-state index in [1.54, 1.807) is 60.7 Å². The third kappa shape index (κ3) is 7.65. The second-order valence-corrected chi connectivity index (χ2v) is 12.4. The lowest BCUT2D eigenvalue weighted by molar-refractivity contribution is -0.118. The SMILES string of the molecule is COC(=O)N[C@@H](Cc1ccc(Cl)cc1)C(=O)Nc1cccc(F)c1CC[C@H]1CNC[C@@H](C)N1S(=O)(=O)c1ccccc1. The Morgan fingerprint density at radius 1 is 1.07 bits per heavy atom. The molecule has 2 amide bonds. The highest BCUT2D eigenvalue weighted by atomic mass is 35.5. The Labute approximate surface area is 250 Å². The van der Waals surface area contributed by atoms with Crippen LogP contribution in [-0.4, -0.2) is 63.0 Å². The maximum atomic E-state index is 15.2. The number of carbonyl (C=O) groups excluding carboxylic acids is 2. The summed E-state index contributed by atoms with van der Waals surface area (Å²) in [6.45, 7) is 2.73. The maximum Gasteiger partial charge on any atom is 0.407 e. The second-order valence-electron chi connectivity index (χ2n) is 10.1. The first-order valence-corrected chi connectivity index (χ1v) is 15.4. The van der Waals surface area contributed by atoms with Crippen LogP contribution in [0.2, 0.25) is 5.02 Å². The van der Waals surface area contributed by atoms with E-state index in [0.717, 1.165) is 5.56 Å². The number of ether oxygens (including phenoxy) is 1. The first-order chi connectivity index (χ1) is 20.1. The summed E-state index contributed by atoms with van der Waals surface area (Å²) >= 11 is 5.97. The number of sulfonamides is 1. The lowest BCUT2D eigenvalue weighted by atomic mass is 10.00. The van der Waals surface area contributed by atoms with E-state index >= 15 is 4.39 Å². The Morgan fingerprint density at radius 3 is 2.48 bits per heavy atom. The summed E-state index contributed by atoms with van der Waals surface area (Å²) in [6, 6.07) is 17.6. The fourth-order valence-electron chi connectivity index (χ4n) is 5.10. The third-order valence-corrected chi connectivity index (χ3v) is 9.52. The van der Waals surface area contributed by atoms with Crippen LogP contribution in [0.15, 0.2) is 77.7 Å². The smallest absolute Gasteiger partial charge is 0.407 e. The molecule has 1 fully saturated rings. The topological polar surface area (TPSA) is 117 Å². The number of amides is 2. The highest BCUT2D eigenvalue weighted by Crippen LogP contribution is 2.28. The number of piperazine rings is 1. The molecule has 3 N–H and O–H groups in total. The number of hydrogen-bond donors (Lipinski definition) is 3. The average Bonchev–Trinajstić information content (AvgIpc) is 2.97. The van der Waals surface area contributed by atoms with Gasteiger partial charge in [-0.1, -0.05) is 48.0 Å². The summed E-state index contributed by atoms with van der Waals surface area (Å²) < 4.78 is 48.5. The van der Waals surface area contributed by atoms with Gasteiger partial charge in [0.15, 0.2) is 0 Å². The minimum Gasteiger partial charge on any atom is -0.453 e. The van der Waals surface area contributed by atoms with Crippen LogP contribution in [0.4, 0.5) is 14.9 Å². The van der Waals surface area contributed by atoms with Crippen molar-refractivity contribution in [3.05, 3.63) is 94.8 Å². The van der Waals surface area contributed by atoms with E-state index < -0.39 is 39.9 Å². The molecular weight excluding hydrogens is 583 g/mol. The molecule has 0 radical (unpaired) electrons. The van der Waals surface area contributed by atoms with Crippen molar-refractivity contribution in [3.8, 4) is 0 Å². The summed E-state index contributed by atoms with van der Waals surface area (Å²) in [5.41, 5.74) is 1.22. The van der Waals surface area contributed by atoms with Gasteiger partial charge >= 0.3 is 6.09 Å². The number of methoxy groups -OCH3 is 1. The molecular formula is C30H34ClFN4O5S. The van der Waals surface area contributed by atoms with Gasteiger partial charge in [0, 0.05) is 47.9 Å². The first-order valence-electron chi connectivity index (χ1n) is 13.6. The summed E-state index contributed by atoms with van der Waals surface area (Å²) in [5, 5.41) is 9.08. The summed E-state index contributed by atoms with van der Waals surface area (Å²) in [5.74, 6) is -1.10. The van der Waals surface area contributed by atoms with Crippen molar-refractivity contribution in [2.75, 3.05) is 25.5 Å². The number of alkyl carbamates (subject to hydrolysis) is 1. The molecule has 4 rings (SSSR count). The van der Waals surface area contributed by atoms with Crippen LogP contribution >= 0.6 is 11.6 Å². The fourth-order valence-corrected chi connectivity index (χ4v) is 7.09. The van der Waals surface area contributed by atoms with Crippen LogP contribution in [0.3, 0.4) is 0 Å². The monoisotopic (exact) mass is 616 g/mol. The van der Waals surface area contributed by atoms with Crippen molar-refractivity contribution in [2.24, 2.45) is 0 Å². The van der Waals surface area contributed by atoms with Crippen LogP contribution in [-0.2, 0) is 32.4 Å². The molecule has 224 valence electrons. The van der Waals surface area contributed by atoms with Gasteiger partial charge in [-0.25, -0.2) is 17.6 Å². The van der Waals surface area contributed by atoms with Crippen LogP contribution in [0, 0.1) is 5.82 Å². The molecule has 0 aromatic heterocycles. The predicted octanol–water partition coefficient (Wildman–Crippen LogP) is 4.37. The lowest BCUT2D eigenvalue weighted by Crippen LogP contribution is -2.58. The number of hydrogen-bond acceptors (Lipinski definition) is 6. The van der Waals surface area contributed by atoms with Crippen molar-refractivity contribution >= 4 is 39.3 Å². The van der Waals surface area contributed by atoms with Crippen molar-refractivity contribution < 1.29 is 27.1 Å². The van der Waals surface area contributed by atoms with Crippen LogP contribution < -0.4 is 16.0 Å². The number of nitrogens with one attached hydrogen (secondary N) is 3. The van der Waals surface area contributed by atoms with Gasteiger partial charge in [-0.2, -0.15) is 4.31 Å². The molecule has 0 bridgehead atoms. The molecule has 1 saturated heterocycles. The molecule has 1 aliphatic heterocycles. The fraction of sp³-hybridized carbons (Fsp3) is 0.333. The number of rotatable bonds is 10. The molecule has 3 aromatic carbocycles. The minimum atomic E-state index is -3.79. The zero-order valence-electron chi connectivity index (χ0n) is 23.3. The van der Waals surface area contributed by atoms with Crippen LogP contribution in [0.1, 0.15) is 24.5 Å². The molecule has 0 saturated carbocycles. The molecule has 12 heteroatoms. The Balaban J connectivity index is 1.54. The Kier molecular flexibility index (Phi) is 10.6. The van der Waals surface area contributed by atoms with Gasteiger partial charge in [0.25, 0.3) is 0 Å². The van der Waals surface area contributed by atoms with E-state index in [1.165, 1.54) is 23.5 Å². The van der Waals surface area contributed by atoms with Crippen LogP contribution in [0.5, 0.6) is 0 Å². The number of anilines is 1. The standard InChI is InChI=1S/C30H34ClFN4O5S/c1-20-18-33-19-23(36(20)42(39,40)24-7-4-3-5-8-24)15-16-25-26(32)9-6-10-27(25)34-29(37)28(35-30(38)41-2)17-21-11-13-22(31)14-12-21/h3-14,20,23,28,33H,15-19H2,1-2H3,(H,34,37)(H,35,38)/t20-,23+,28+/m1/s1. The second kappa shape index (κ2) is 14.1. The van der Waals surface area contributed by atoms with Gasteiger partial charge in [-0.15, -0.1) is 0 Å². The quantitative estimate of drug-likeness (QED) is 0.312. The van der Waals surface area contributed by atoms with Gasteiger partial charge in [0.1, 0.15) is 11.9 Å². The maximum absolute atomic E-state index is 15.2. The Bertz CT molecular complexity index is 1490. The van der Waals surface area contributed by atoms with Crippen molar-refractivity contribution in [1.82, 2.24) is 14.9 Å². The number of benzene rings is 3. The van der Waals surface area contributed by atoms with E-state index in [0.29, 0.717) is 24.5 Å². The average molecular weight is 617 g/mol. The van der Waals surface area contributed by atoms with E-state index in [2.05, 4.69) is 16.0 Å². The summed E-state index contributed by atoms with van der Waals surface area (Å²) in [4.78, 5) is 25.6. The van der Waals surface area contributed by atoms with Crippen LogP contribution in [0.25, 0.3) is 0 Å². The van der Waals surface area contributed by atoms with Crippen molar-refractivity contribution in [1.29, 1.82) is 0 Å². The van der Waals surface area contributed by atoms with Crippen molar-refractivity contribution in [2.45, 2.75) is 49.2 Å². The Morgan fingerprint density at radius 2 is 1.79 bits per heavy atom. The van der Waals surface area contributed by atoms with Gasteiger partial charge < -0.3 is 20.7 Å². The molecule has 9 nitrogen and oxygen atoms in total. The zero-order chi connectivity index (χ0) is 30.3. The highest BCUT2D eigenvalue weighted by Gasteiger charge is 2.37. The molecule has 1 heterocycles. The van der Waals surface area contributed by atoms with Gasteiger partial charge in [-0.05, 0) is 61.7 Å². The largest absolute Gasteiger partial charge is 0.453 e.